The van der Waals surface area contributed by atoms with Crippen molar-refractivity contribution in [2.24, 2.45) is 0 Å². The zero-order valence-corrected chi connectivity index (χ0v) is 11.5. The summed E-state index contributed by atoms with van der Waals surface area (Å²) in [4.78, 5) is 12.0. The lowest BCUT2D eigenvalue weighted by Gasteiger charge is -2.06. The molecule has 0 aliphatic heterocycles. The molecule has 0 spiro atoms. The molecule has 0 amide bonds. The Morgan fingerprint density at radius 3 is 2.45 bits per heavy atom. The van der Waals surface area contributed by atoms with E-state index < -0.39 is 5.97 Å². The Labute approximate surface area is 118 Å². The molecule has 0 radical (unpaired) electrons. The first kappa shape index (κ1) is 13.8. The maximum atomic E-state index is 12.0. The molecule has 0 saturated carbocycles. The van der Waals surface area contributed by atoms with E-state index in [4.69, 9.17) is 10.00 Å². The van der Waals surface area contributed by atoms with Crippen LogP contribution in [-0.4, -0.2) is 5.97 Å². The van der Waals surface area contributed by atoms with Gasteiger partial charge in [-0.2, -0.15) is 5.26 Å². The van der Waals surface area contributed by atoms with Crippen LogP contribution in [0.15, 0.2) is 42.5 Å². The molecular weight excluding hydrogens is 250 g/mol. The minimum Gasteiger partial charge on any atom is -0.423 e. The highest BCUT2D eigenvalue weighted by atomic mass is 16.5. The molecule has 0 bridgehead atoms. The fourth-order valence-electron chi connectivity index (χ4n) is 1.87. The predicted octanol–water partition coefficient (Wildman–Crippen LogP) is 3.65. The summed E-state index contributed by atoms with van der Waals surface area (Å²) in [6.45, 7) is 3.87. The number of aryl methyl sites for hydroxylation is 2. The second-order valence-electron chi connectivity index (χ2n) is 4.53. The Hall–Kier alpha value is -2.60. The summed E-state index contributed by atoms with van der Waals surface area (Å²) >= 11 is 0. The molecule has 2 aromatic carbocycles. The summed E-state index contributed by atoms with van der Waals surface area (Å²) in [6.07, 6.45) is 0.935. The van der Waals surface area contributed by atoms with E-state index in [1.165, 1.54) is 5.56 Å². The van der Waals surface area contributed by atoms with Gasteiger partial charge in [0, 0.05) is 0 Å². The summed E-state index contributed by atoms with van der Waals surface area (Å²) in [6, 6.07) is 14.4. The predicted molar refractivity (Wildman–Crippen MR) is 76.7 cm³/mol. The first-order valence-corrected chi connectivity index (χ1v) is 6.46. The highest BCUT2D eigenvalue weighted by molar-refractivity contribution is 5.91. The molecule has 3 heteroatoms. The third-order valence-electron chi connectivity index (χ3n) is 3.13. The quantitative estimate of drug-likeness (QED) is 0.628. The molecule has 0 aromatic heterocycles. The second kappa shape index (κ2) is 6.03. The lowest BCUT2D eigenvalue weighted by Crippen LogP contribution is -2.08. The van der Waals surface area contributed by atoms with E-state index in [1.54, 1.807) is 30.3 Å². The largest absolute Gasteiger partial charge is 0.423 e. The van der Waals surface area contributed by atoms with Gasteiger partial charge >= 0.3 is 5.97 Å². The Balaban J connectivity index is 2.15. The zero-order valence-electron chi connectivity index (χ0n) is 11.5. The molecule has 100 valence electrons. The molecule has 0 heterocycles. The summed E-state index contributed by atoms with van der Waals surface area (Å²) in [5.74, 6) is 0.0582. The smallest absolute Gasteiger partial charge is 0.343 e. The number of esters is 1. The molecule has 0 aliphatic rings. The normalized spacial score (nSPS) is 9.85. The van der Waals surface area contributed by atoms with Gasteiger partial charge in [0.15, 0.2) is 0 Å². The summed E-state index contributed by atoms with van der Waals surface area (Å²) in [5, 5.41) is 8.86. The Kier molecular flexibility index (Phi) is 4.17. The molecule has 0 fully saturated rings. The fraction of sp³-hybridized carbons (Fsp3) is 0.176. The molecule has 0 N–H and O–H groups in total. The maximum absolute atomic E-state index is 12.0. The number of hydrogen-bond donors (Lipinski definition) is 0. The third kappa shape index (κ3) is 3.04. The number of hydrogen-bond acceptors (Lipinski definition) is 3. The van der Waals surface area contributed by atoms with Gasteiger partial charge in [-0.3, -0.25) is 0 Å². The van der Waals surface area contributed by atoms with Crippen molar-refractivity contribution in [3.63, 3.8) is 0 Å². The molecule has 2 aromatic rings. The molecule has 0 atom stereocenters. The highest BCUT2D eigenvalue weighted by Crippen LogP contribution is 2.18. The van der Waals surface area contributed by atoms with Gasteiger partial charge in [-0.15, -0.1) is 0 Å². The Morgan fingerprint density at radius 2 is 1.90 bits per heavy atom. The average molecular weight is 265 g/mol. The van der Waals surface area contributed by atoms with E-state index in [9.17, 15) is 4.79 Å². The van der Waals surface area contributed by atoms with Crippen LogP contribution in [0.5, 0.6) is 5.75 Å². The van der Waals surface area contributed by atoms with Crippen molar-refractivity contribution in [1.82, 2.24) is 0 Å². The second-order valence-corrected chi connectivity index (χ2v) is 4.53. The van der Waals surface area contributed by atoms with E-state index >= 15 is 0 Å². The number of carbonyl (C=O) groups is 1. The van der Waals surface area contributed by atoms with Gasteiger partial charge in [-0.05, 0) is 54.8 Å². The van der Waals surface area contributed by atoms with E-state index in [2.05, 4.69) is 13.0 Å². The van der Waals surface area contributed by atoms with Crippen molar-refractivity contribution in [1.29, 1.82) is 5.26 Å². The molecule has 0 saturated heterocycles. The van der Waals surface area contributed by atoms with Crippen LogP contribution in [0.3, 0.4) is 0 Å². The number of ether oxygens (including phenoxy) is 1. The molecule has 3 nitrogen and oxygen atoms in total. The molecule has 2 rings (SSSR count). The third-order valence-corrected chi connectivity index (χ3v) is 3.13. The Bertz CT molecular complexity index is 666. The molecule has 0 aliphatic carbocycles. The van der Waals surface area contributed by atoms with E-state index in [0.29, 0.717) is 16.9 Å². The number of benzene rings is 2. The van der Waals surface area contributed by atoms with E-state index in [1.807, 2.05) is 19.1 Å². The standard InChI is InChI=1S/C17H15NO2/c1-3-13-4-6-14(7-5-13)17(19)20-16-9-8-15(11-18)12(2)10-16/h4-10H,3H2,1-2H3. The van der Waals surface area contributed by atoms with Crippen LogP contribution >= 0.6 is 0 Å². The van der Waals surface area contributed by atoms with E-state index in [0.717, 1.165) is 12.0 Å². The number of nitriles is 1. The lowest BCUT2D eigenvalue weighted by atomic mass is 10.1. The van der Waals surface area contributed by atoms with Gasteiger partial charge < -0.3 is 4.74 Å². The monoisotopic (exact) mass is 265 g/mol. The number of nitrogens with zero attached hydrogens (tertiary/aromatic N) is 1. The van der Waals surface area contributed by atoms with Crippen molar-refractivity contribution >= 4 is 5.97 Å². The fourth-order valence-corrected chi connectivity index (χ4v) is 1.87. The van der Waals surface area contributed by atoms with Crippen LogP contribution in [0.25, 0.3) is 0 Å². The maximum Gasteiger partial charge on any atom is 0.343 e. The molecule has 20 heavy (non-hydrogen) atoms. The van der Waals surface area contributed by atoms with Gasteiger partial charge in [0.25, 0.3) is 0 Å². The van der Waals surface area contributed by atoms with Crippen molar-refractivity contribution in [3.05, 3.63) is 64.7 Å². The lowest BCUT2D eigenvalue weighted by molar-refractivity contribution is 0.0734. The van der Waals surface area contributed by atoms with Crippen LogP contribution < -0.4 is 4.74 Å². The van der Waals surface area contributed by atoms with Crippen LogP contribution in [0, 0.1) is 18.3 Å². The van der Waals surface area contributed by atoms with Gasteiger partial charge in [-0.25, -0.2) is 4.79 Å². The van der Waals surface area contributed by atoms with Crippen LogP contribution in [-0.2, 0) is 6.42 Å². The number of carbonyl (C=O) groups excluding carboxylic acids is 1. The SMILES string of the molecule is CCc1ccc(C(=O)Oc2ccc(C#N)c(C)c2)cc1. The van der Waals surface area contributed by atoms with Crippen molar-refractivity contribution < 1.29 is 9.53 Å². The minimum atomic E-state index is -0.392. The first-order valence-electron chi connectivity index (χ1n) is 6.46. The van der Waals surface area contributed by atoms with Crippen molar-refractivity contribution in [2.75, 3.05) is 0 Å². The summed E-state index contributed by atoms with van der Waals surface area (Å²) < 4.78 is 5.31. The minimum absolute atomic E-state index is 0.392. The van der Waals surface area contributed by atoms with Gasteiger partial charge in [0.2, 0.25) is 0 Å². The summed E-state index contributed by atoms with van der Waals surface area (Å²) in [7, 11) is 0. The van der Waals surface area contributed by atoms with E-state index in [-0.39, 0.29) is 0 Å². The zero-order chi connectivity index (χ0) is 14.5. The molecular formula is C17H15NO2. The van der Waals surface area contributed by atoms with Gasteiger partial charge in [-0.1, -0.05) is 19.1 Å². The Morgan fingerprint density at radius 1 is 1.20 bits per heavy atom. The number of rotatable bonds is 3. The van der Waals surface area contributed by atoms with Crippen molar-refractivity contribution in [3.8, 4) is 11.8 Å². The topological polar surface area (TPSA) is 50.1 Å². The average Bonchev–Trinajstić information content (AvgIpc) is 2.47. The van der Waals surface area contributed by atoms with Gasteiger partial charge in [0.1, 0.15) is 5.75 Å². The summed E-state index contributed by atoms with van der Waals surface area (Å²) in [5.41, 5.74) is 3.07. The van der Waals surface area contributed by atoms with Gasteiger partial charge in [0.05, 0.1) is 17.2 Å². The molecule has 0 unspecified atom stereocenters. The van der Waals surface area contributed by atoms with Crippen molar-refractivity contribution in [2.45, 2.75) is 20.3 Å². The first-order chi connectivity index (χ1) is 9.63. The van der Waals surface area contributed by atoms with Crippen LogP contribution in [0.4, 0.5) is 0 Å². The highest BCUT2D eigenvalue weighted by Gasteiger charge is 2.09. The van der Waals surface area contributed by atoms with Crippen LogP contribution in [0.1, 0.15) is 34.0 Å². The van der Waals surface area contributed by atoms with Crippen LogP contribution in [0.2, 0.25) is 0 Å².